The highest BCUT2D eigenvalue weighted by molar-refractivity contribution is 6.30. The van der Waals surface area contributed by atoms with Crippen molar-refractivity contribution >= 4 is 29.7 Å². The third-order valence-corrected chi connectivity index (χ3v) is 3.18. The molecule has 0 aliphatic carbocycles. The van der Waals surface area contributed by atoms with Crippen LogP contribution >= 0.6 is 24.0 Å². The van der Waals surface area contributed by atoms with E-state index in [1.807, 2.05) is 0 Å². The molecule has 1 aromatic rings. The van der Waals surface area contributed by atoms with Crippen molar-refractivity contribution in [1.29, 1.82) is 0 Å². The highest BCUT2D eigenvalue weighted by atomic mass is 35.5. The Balaban J connectivity index is 0.00000162. The van der Waals surface area contributed by atoms with Crippen molar-refractivity contribution in [1.82, 2.24) is 4.90 Å². The Morgan fingerprint density at radius 2 is 2.28 bits per heavy atom. The lowest BCUT2D eigenvalue weighted by atomic mass is 10.1. The lowest BCUT2D eigenvalue weighted by Crippen LogP contribution is -2.26. The van der Waals surface area contributed by atoms with Gasteiger partial charge in [0.2, 0.25) is 0 Å². The minimum absolute atomic E-state index is 0. The van der Waals surface area contributed by atoms with Crippen LogP contribution in [0.2, 0.25) is 5.02 Å². The van der Waals surface area contributed by atoms with E-state index in [4.69, 9.17) is 17.3 Å². The average Bonchev–Trinajstić information content (AvgIpc) is 2.63. The molecule has 1 aliphatic heterocycles. The summed E-state index contributed by atoms with van der Waals surface area (Å²) in [5, 5.41) is 11.4. The Hall–Kier alpha value is -0.880. The summed E-state index contributed by atoms with van der Waals surface area (Å²) in [6.45, 7) is 2.19. The molecule has 0 amide bonds. The van der Waals surface area contributed by atoms with Gasteiger partial charge in [-0.3, -0.25) is 15.0 Å². The van der Waals surface area contributed by atoms with Gasteiger partial charge in [0.05, 0.1) is 4.92 Å². The maximum atomic E-state index is 10.9. The van der Waals surface area contributed by atoms with E-state index in [-0.39, 0.29) is 29.1 Å². The van der Waals surface area contributed by atoms with Crippen molar-refractivity contribution in [2.24, 2.45) is 5.73 Å². The fraction of sp³-hybridized carbons (Fsp3) is 0.455. The van der Waals surface area contributed by atoms with E-state index in [1.54, 1.807) is 12.1 Å². The van der Waals surface area contributed by atoms with E-state index in [1.165, 1.54) is 6.07 Å². The van der Waals surface area contributed by atoms with Gasteiger partial charge in [0.15, 0.2) is 0 Å². The molecular weight excluding hydrogens is 277 g/mol. The number of nitro groups is 1. The van der Waals surface area contributed by atoms with Gasteiger partial charge in [0.25, 0.3) is 5.69 Å². The van der Waals surface area contributed by atoms with Crippen LogP contribution < -0.4 is 5.73 Å². The van der Waals surface area contributed by atoms with Gasteiger partial charge in [-0.25, -0.2) is 0 Å². The standard InChI is InChI=1S/C11H14ClN3O2.ClH/c12-9-1-2-11(15(16)17)8(5-9)6-14-4-3-10(13)7-14;/h1-2,5,10H,3-4,6-7,13H2;1H/t10-;/m0./s1. The molecule has 1 fully saturated rings. The summed E-state index contributed by atoms with van der Waals surface area (Å²) in [6.07, 6.45) is 0.939. The lowest BCUT2D eigenvalue weighted by Gasteiger charge is -2.15. The summed E-state index contributed by atoms with van der Waals surface area (Å²) in [6, 6.07) is 4.82. The minimum Gasteiger partial charge on any atom is -0.326 e. The molecule has 7 heteroatoms. The second-order valence-corrected chi connectivity index (χ2v) is 4.75. The van der Waals surface area contributed by atoms with E-state index in [2.05, 4.69) is 4.90 Å². The first kappa shape index (κ1) is 15.2. The van der Waals surface area contributed by atoms with E-state index < -0.39 is 0 Å². The van der Waals surface area contributed by atoms with Gasteiger partial charge in [0, 0.05) is 42.3 Å². The van der Waals surface area contributed by atoms with Crippen LogP contribution in [-0.2, 0) is 6.54 Å². The third kappa shape index (κ3) is 3.55. The zero-order valence-corrected chi connectivity index (χ0v) is 11.3. The van der Waals surface area contributed by atoms with Gasteiger partial charge in [0.1, 0.15) is 0 Å². The van der Waals surface area contributed by atoms with Crippen molar-refractivity contribution in [2.75, 3.05) is 13.1 Å². The van der Waals surface area contributed by atoms with Gasteiger partial charge in [-0.05, 0) is 18.6 Å². The maximum absolute atomic E-state index is 10.9. The van der Waals surface area contributed by atoms with Crippen molar-refractivity contribution < 1.29 is 4.92 Å². The fourth-order valence-corrected chi connectivity index (χ4v) is 2.30. The first-order chi connectivity index (χ1) is 8.06. The number of benzene rings is 1. The summed E-state index contributed by atoms with van der Waals surface area (Å²) >= 11 is 5.87. The Kier molecular flexibility index (Phi) is 5.34. The highest BCUT2D eigenvalue weighted by Crippen LogP contribution is 2.25. The smallest absolute Gasteiger partial charge is 0.273 e. The van der Waals surface area contributed by atoms with E-state index in [0.717, 1.165) is 19.5 Å². The van der Waals surface area contributed by atoms with Crippen LogP contribution in [0.3, 0.4) is 0 Å². The predicted octanol–water partition coefficient (Wildman–Crippen LogP) is 2.20. The Labute approximate surface area is 116 Å². The van der Waals surface area contributed by atoms with Crippen molar-refractivity contribution in [3.8, 4) is 0 Å². The molecular formula is C11H15Cl2N3O2. The van der Waals surface area contributed by atoms with E-state index >= 15 is 0 Å². The number of hydrogen-bond donors (Lipinski definition) is 1. The summed E-state index contributed by atoms with van der Waals surface area (Å²) in [5.74, 6) is 0. The van der Waals surface area contributed by atoms with Crippen LogP contribution in [0.15, 0.2) is 18.2 Å². The molecule has 0 unspecified atom stereocenters. The molecule has 2 N–H and O–H groups in total. The number of nitrogens with two attached hydrogens (primary N) is 1. The van der Waals surface area contributed by atoms with Gasteiger partial charge >= 0.3 is 0 Å². The number of halogens is 2. The molecule has 0 saturated carbocycles. The molecule has 1 aromatic carbocycles. The molecule has 1 aliphatic rings. The van der Waals surface area contributed by atoms with Crippen molar-refractivity contribution in [3.05, 3.63) is 38.9 Å². The number of likely N-dealkylation sites (tertiary alicyclic amines) is 1. The number of nitrogens with zero attached hydrogens (tertiary/aromatic N) is 2. The predicted molar refractivity (Wildman–Crippen MR) is 73.2 cm³/mol. The second kappa shape index (κ2) is 6.33. The fourth-order valence-electron chi connectivity index (χ4n) is 2.11. The second-order valence-electron chi connectivity index (χ2n) is 4.31. The van der Waals surface area contributed by atoms with Gasteiger partial charge in [-0.2, -0.15) is 0 Å². The zero-order valence-electron chi connectivity index (χ0n) is 9.71. The molecule has 2 rings (SSSR count). The summed E-state index contributed by atoms with van der Waals surface area (Å²) in [7, 11) is 0. The zero-order chi connectivity index (χ0) is 12.4. The molecule has 0 bridgehead atoms. The first-order valence-electron chi connectivity index (χ1n) is 5.47. The largest absolute Gasteiger partial charge is 0.326 e. The third-order valence-electron chi connectivity index (χ3n) is 2.94. The Morgan fingerprint density at radius 1 is 1.56 bits per heavy atom. The Morgan fingerprint density at radius 3 is 2.83 bits per heavy atom. The van der Waals surface area contributed by atoms with Crippen molar-refractivity contribution in [2.45, 2.75) is 19.0 Å². The van der Waals surface area contributed by atoms with Crippen LogP contribution in [0.1, 0.15) is 12.0 Å². The van der Waals surface area contributed by atoms with Crippen LogP contribution in [0.4, 0.5) is 5.69 Å². The quantitative estimate of drug-likeness (QED) is 0.684. The normalized spacial score (nSPS) is 19.6. The lowest BCUT2D eigenvalue weighted by molar-refractivity contribution is -0.385. The molecule has 0 spiro atoms. The molecule has 1 heterocycles. The topological polar surface area (TPSA) is 72.4 Å². The molecule has 0 radical (unpaired) electrons. The van der Waals surface area contributed by atoms with Crippen LogP contribution in [0, 0.1) is 10.1 Å². The number of nitro benzene ring substituents is 1. The molecule has 1 saturated heterocycles. The molecule has 0 aromatic heterocycles. The molecule has 1 atom stereocenters. The van der Waals surface area contributed by atoms with E-state index in [9.17, 15) is 10.1 Å². The number of rotatable bonds is 3. The highest BCUT2D eigenvalue weighted by Gasteiger charge is 2.22. The Bertz CT molecular complexity index is 442. The minimum atomic E-state index is -0.373. The molecule has 100 valence electrons. The summed E-state index contributed by atoms with van der Waals surface area (Å²) in [4.78, 5) is 12.6. The average molecular weight is 292 g/mol. The van der Waals surface area contributed by atoms with Crippen LogP contribution in [0.25, 0.3) is 0 Å². The van der Waals surface area contributed by atoms with E-state index in [0.29, 0.717) is 17.1 Å². The summed E-state index contributed by atoms with van der Waals surface area (Å²) in [5.41, 5.74) is 6.57. The SMILES string of the molecule is Cl.N[C@H]1CCN(Cc2cc(Cl)ccc2[N+](=O)[O-])C1. The number of hydrogen-bond acceptors (Lipinski definition) is 4. The maximum Gasteiger partial charge on any atom is 0.273 e. The first-order valence-corrected chi connectivity index (χ1v) is 5.85. The van der Waals surface area contributed by atoms with Gasteiger partial charge < -0.3 is 5.73 Å². The van der Waals surface area contributed by atoms with Crippen molar-refractivity contribution in [3.63, 3.8) is 0 Å². The summed E-state index contributed by atoms with van der Waals surface area (Å²) < 4.78 is 0. The van der Waals surface area contributed by atoms with Crippen LogP contribution in [-0.4, -0.2) is 29.0 Å². The van der Waals surface area contributed by atoms with Gasteiger partial charge in [-0.15, -0.1) is 12.4 Å². The molecule has 18 heavy (non-hydrogen) atoms. The van der Waals surface area contributed by atoms with Crippen LogP contribution in [0.5, 0.6) is 0 Å². The molecule has 5 nitrogen and oxygen atoms in total. The monoisotopic (exact) mass is 291 g/mol. The van der Waals surface area contributed by atoms with Gasteiger partial charge in [-0.1, -0.05) is 11.6 Å².